The van der Waals surface area contributed by atoms with E-state index in [2.05, 4.69) is 10.4 Å². The average Bonchev–Trinajstić information content (AvgIpc) is 2.28. The Morgan fingerprint density at radius 2 is 2.18 bits per heavy atom. The van der Waals surface area contributed by atoms with Gasteiger partial charge >= 0.3 is 5.97 Å². The number of carbonyl (C=O) groups excluding carboxylic acids is 2. The predicted octanol–water partition coefficient (Wildman–Crippen LogP) is -1.84. The first-order valence-electron chi connectivity index (χ1n) is 4.95. The number of hydrogen-bond acceptors (Lipinski definition) is 5. The number of carboxylic acid groups (broad SMARTS) is 1. The van der Waals surface area contributed by atoms with E-state index < -0.39 is 24.5 Å². The summed E-state index contributed by atoms with van der Waals surface area (Å²) in [6, 6.07) is 0. The molecular formula is C9H13N3O5. The maximum Gasteiger partial charge on any atom is 0.334 e. The van der Waals surface area contributed by atoms with Crippen LogP contribution < -0.4 is 5.32 Å². The summed E-state index contributed by atoms with van der Waals surface area (Å²) < 4.78 is 0. The van der Waals surface area contributed by atoms with Gasteiger partial charge in [-0.2, -0.15) is 5.10 Å². The highest BCUT2D eigenvalue weighted by Crippen LogP contribution is 2.06. The summed E-state index contributed by atoms with van der Waals surface area (Å²) in [7, 11) is 1.43. The second kappa shape index (κ2) is 5.39. The number of amides is 2. The Bertz CT molecular complexity index is 379. The van der Waals surface area contributed by atoms with Crippen molar-refractivity contribution in [1.29, 1.82) is 0 Å². The zero-order chi connectivity index (χ0) is 13.0. The molecule has 1 heterocycles. The maximum absolute atomic E-state index is 11.5. The molecule has 1 aliphatic heterocycles. The van der Waals surface area contributed by atoms with Crippen molar-refractivity contribution in [2.75, 3.05) is 13.6 Å². The molecule has 8 nitrogen and oxygen atoms in total. The van der Waals surface area contributed by atoms with Crippen molar-refractivity contribution in [2.45, 2.75) is 18.9 Å². The van der Waals surface area contributed by atoms with Crippen molar-refractivity contribution in [3.8, 4) is 0 Å². The highest BCUT2D eigenvalue weighted by molar-refractivity contribution is 6.39. The summed E-state index contributed by atoms with van der Waals surface area (Å²) in [6.45, 7) is -0.398. The van der Waals surface area contributed by atoms with Gasteiger partial charge in [0.2, 0.25) is 5.91 Å². The molecule has 1 atom stereocenters. The number of carboxylic acids is 1. The first-order valence-corrected chi connectivity index (χ1v) is 4.95. The van der Waals surface area contributed by atoms with Crippen LogP contribution in [0.25, 0.3) is 0 Å². The monoisotopic (exact) mass is 243 g/mol. The molecule has 0 fully saturated rings. The molecule has 0 aromatic rings. The number of hydrogen-bond donors (Lipinski definition) is 3. The number of nitrogens with zero attached hydrogens (tertiary/aromatic N) is 2. The average molecular weight is 243 g/mol. The molecule has 0 spiro atoms. The van der Waals surface area contributed by atoms with Gasteiger partial charge < -0.3 is 15.5 Å². The summed E-state index contributed by atoms with van der Waals surface area (Å²) in [6.07, 6.45) is -1.26. The fourth-order valence-corrected chi connectivity index (χ4v) is 1.21. The highest BCUT2D eigenvalue weighted by Gasteiger charge is 2.23. The Labute approximate surface area is 96.9 Å². The van der Waals surface area contributed by atoms with Crippen LogP contribution in [0.4, 0.5) is 0 Å². The predicted molar refractivity (Wildman–Crippen MR) is 56.1 cm³/mol. The summed E-state index contributed by atoms with van der Waals surface area (Å²) >= 11 is 0. The SMILES string of the molecule is CN1N=C(C(=O)NC[C@H](O)C(=O)O)CCC1=O. The van der Waals surface area contributed by atoms with Gasteiger partial charge in [-0.3, -0.25) is 9.59 Å². The number of aliphatic hydroxyl groups excluding tert-OH is 1. The molecule has 0 unspecified atom stereocenters. The van der Waals surface area contributed by atoms with Crippen LogP contribution >= 0.6 is 0 Å². The lowest BCUT2D eigenvalue weighted by Gasteiger charge is -2.19. The van der Waals surface area contributed by atoms with Crippen LogP contribution in [0.2, 0.25) is 0 Å². The molecule has 0 radical (unpaired) electrons. The van der Waals surface area contributed by atoms with Gasteiger partial charge in [-0.25, -0.2) is 9.80 Å². The minimum atomic E-state index is -1.65. The lowest BCUT2D eigenvalue weighted by atomic mass is 10.1. The van der Waals surface area contributed by atoms with E-state index in [0.717, 1.165) is 5.01 Å². The van der Waals surface area contributed by atoms with Crippen LogP contribution in [0.1, 0.15) is 12.8 Å². The molecule has 0 aromatic carbocycles. The van der Waals surface area contributed by atoms with Crippen LogP contribution in [0, 0.1) is 0 Å². The second-order valence-electron chi connectivity index (χ2n) is 3.53. The van der Waals surface area contributed by atoms with E-state index in [1.807, 2.05) is 0 Å². The van der Waals surface area contributed by atoms with Crippen LogP contribution in [-0.4, -0.2) is 58.4 Å². The fourth-order valence-electron chi connectivity index (χ4n) is 1.21. The summed E-state index contributed by atoms with van der Waals surface area (Å²) in [4.78, 5) is 32.9. The van der Waals surface area contributed by atoms with Crippen molar-refractivity contribution in [2.24, 2.45) is 5.10 Å². The molecule has 17 heavy (non-hydrogen) atoms. The first kappa shape index (κ1) is 13.1. The van der Waals surface area contributed by atoms with E-state index in [-0.39, 0.29) is 24.5 Å². The molecule has 3 N–H and O–H groups in total. The third kappa shape index (κ3) is 3.52. The molecule has 1 aliphatic rings. The number of aliphatic carboxylic acids is 1. The minimum absolute atomic E-state index is 0.143. The van der Waals surface area contributed by atoms with Gasteiger partial charge in [0.05, 0.1) is 6.54 Å². The van der Waals surface area contributed by atoms with Gasteiger partial charge in [-0.1, -0.05) is 0 Å². The Balaban J connectivity index is 2.51. The minimum Gasteiger partial charge on any atom is -0.479 e. The van der Waals surface area contributed by atoms with Gasteiger partial charge in [-0.05, 0) is 0 Å². The van der Waals surface area contributed by atoms with E-state index in [1.165, 1.54) is 7.05 Å². The number of aliphatic hydroxyl groups is 1. The van der Waals surface area contributed by atoms with Gasteiger partial charge in [0.1, 0.15) is 5.71 Å². The van der Waals surface area contributed by atoms with E-state index in [1.54, 1.807) is 0 Å². The summed E-state index contributed by atoms with van der Waals surface area (Å²) in [5.74, 6) is -2.18. The third-order valence-corrected chi connectivity index (χ3v) is 2.21. The molecular weight excluding hydrogens is 230 g/mol. The van der Waals surface area contributed by atoms with Crippen LogP contribution in [-0.2, 0) is 14.4 Å². The lowest BCUT2D eigenvalue weighted by molar-refractivity contribution is -0.146. The molecule has 0 saturated heterocycles. The smallest absolute Gasteiger partial charge is 0.334 e. The fraction of sp³-hybridized carbons (Fsp3) is 0.556. The second-order valence-corrected chi connectivity index (χ2v) is 3.53. The first-order chi connectivity index (χ1) is 7.91. The molecule has 8 heteroatoms. The van der Waals surface area contributed by atoms with E-state index in [0.29, 0.717) is 0 Å². The zero-order valence-corrected chi connectivity index (χ0v) is 9.21. The van der Waals surface area contributed by atoms with Crippen LogP contribution in [0.15, 0.2) is 5.10 Å². The molecule has 0 aromatic heterocycles. The van der Waals surface area contributed by atoms with Gasteiger partial charge in [0.25, 0.3) is 5.91 Å². The number of rotatable bonds is 4. The summed E-state index contributed by atoms with van der Waals surface area (Å²) in [5, 5.41) is 24.4. The van der Waals surface area contributed by atoms with E-state index in [4.69, 9.17) is 10.2 Å². The van der Waals surface area contributed by atoms with Crippen LogP contribution in [0.3, 0.4) is 0 Å². The number of hydrazone groups is 1. The molecule has 0 saturated carbocycles. The summed E-state index contributed by atoms with van der Waals surface area (Å²) in [5.41, 5.74) is 0.143. The van der Waals surface area contributed by atoms with Crippen molar-refractivity contribution >= 4 is 23.5 Å². The van der Waals surface area contributed by atoms with Gasteiger partial charge in [0, 0.05) is 19.9 Å². The van der Waals surface area contributed by atoms with E-state index in [9.17, 15) is 14.4 Å². The molecule has 0 bridgehead atoms. The largest absolute Gasteiger partial charge is 0.479 e. The van der Waals surface area contributed by atoms with Crippen molar-refractivity contribution in [3.05, 3.63) is 0 Å². The van der Waals surface area contributed by atoms with Gasteiger partial charge in [-0.15, -0.1) is 0 Å². The zero-order valence-electron chi connectivity index (χ0n) is 9.21. The van der Waals surface area contributed by atoms with Crippen molar-refractivity contribution in [1.82, 2.24) is 10.3 Å². The quantitative estimate of drug-likeness (QED) is 0.535. The van der Waals surface area contributed by atoms with Crippen LogP contribution in [0.5, 0.6) is 0 Å². The molecule has 1 rings (SSSR count). The number of nitrogens with one attached hydrogen (secondary N) is 1. The van der Waals surface area contributed by atoms with Crippen molar-refractivity contribution < 1.29 is 24.6 Å². The topological polar surface area (TPSA) is 119 Å². The van der Waals surface area contributed by atoms with E-state index >= 15 is 0 Å². The Morgan fingerprint density at radius 3 is 2.71 bits per heavy atom. The van der Waals surface area contributed by atoms with Crippen molar-refractivity contribution in [3.63, 3.8) is 0 Å². The number of carbonyl (C=O) groups is 3. The highest BCUT2D eigenvalue weighted by atomic mass is 16.4. The standard InChI is InChI=1S/C9H13N3O5/c1-12-7(14)3-2-5(11-12)8(15)10-4-6(13)9(16)17/h6,13H,2-4H2,1H3,(H,10,15)(H,16,17)/t6-/m0/s1. The Hall–Kier alpha value is -1.96. The molecule has 94 valence electrons. The third-order valence-electron chi connectivity index (χ3n) is 2.21. The lowest BCUT2D eigenvalue weighted by Crippen LogP contribution is -2.42. The normalized spacial score (nSPS) is 17.4. The molecule has 2 amide bonds. The molecule has 0 aliphatic carbocycles. The Morgan fingerprint density at radius 1 is 1.53 bits per heavy atom. The Kier molecular flexibility index (Phi) is 4.16. The van der Waals surface area contributed by atoms with Gasteiger partial charge in [0.15, 0.2) is 6.10 Å². The maximum atomic E-state index is 11.5.